The molecule has 1 aromatic heterocycles. The Kier molecular flexibility index (Phi) is 3.57. The SMILES string of the molecule is Nc1nccc(-c2cc(Nc3ccccc3F)ccc2O)n1. The van der Waals surface area contributed by atoms with Crippen LogP contribution in [-0.2, 0) is 0 Å². The predicted octanol–water partition coefficient (Wildman–Crippen LogP) is 3.31. The second kappa shape index (κ2) is 5.69. The first-order chi connectivity index (χ1) is 10.6. The molecule has 1 heterocycles. The maximum absolute atomic E-state index is 13.7. The normalized spacial score (nSPS) is 10.4. The van der Waals surface area contributed by atoms with Gasteiger partial charge in [0.05, 0.1) is 11.4 Å². The molecule has 4 N–H and O–H groups in total. The van der Waals surface area contributed by atoms with Crippen LogP contribution in [0.5, 0.6) is 5.75 Å². The van der Waals surface area contributed by atoms with Crippen LogP contribution >= 0.6 is 0 Å². The van der Waals surface area contributed by atoms with Crippen LogP contribution in [-0.4, -0.2) is 15.1 Å². The molecule has 0 spiro atoms. The van der Waals surface area contributed by atoms with Crippen molar-refractivity contribution in [2.45, 2.75) is 0 Å². The summed E-state index contributed by atoms with van der Waals surface area (Å²) in [6, 6.07) is 12.8. The van der Waals surface area contributed by atoms with Crippen molar-refractivity contribution in [2.24, 2.45) is 0 Å². The summed E-state index contributed by atoms with van der Waals surface area (Å²) in [6.07, 6.45) is 1.51. The lowest BCUT2D eigenvalue weighted by atomic mass is 10.1. The Morgan fingerprint density at radius 3 is 2.68 bits per heavy atom. The molecule has 6 heteroatoms. The van der Waals surface area contributed by atoms with Gasteiger partial charge in [0.25, 0.3) is 0 Å². The number of benzene rings is 2. The molecule has 0 unspecified atom stereocenters. The summed E-state index contributed by atoms with van der Waals surface area (Å²) in [4.78, 5) is 7.89. The number of para-hydroxylation sites is 1. The van der Waals surface area contributed by atoms with Crippen LogP contribution in [0.25, 0.3) is 11.3 Å². The lowest BCUT2D eigenvalue weighted by molar-refractivity contribution is 0.477. The Morgan fingerprint density at radius 1 is 1.09 bits per heavy atom. The number of hydrogen-bond donors (Lipinski definition) is 3. The molecule has 3 rings (SSSR count). The van der Waals surface area contributed by atoms with Crippen LogP contribution < -0.4 is 11.1 Å². The molecule has 0 saturated heterocycles. The van der Waals surface area contributed by atoms with Crippen LogP contribution in [0.1, 0.15) is 0 Å². The van der Waals surface area contributed by atoms with E-state index in [1.165, 1.54) is 18.3 Å². The Bertz CT molecular complexity index is 823. The van der Waals surface area contributed by atoms with Crippen LogP contribution in [0.15, 0.2) is 54.7 Å². The van der Waals surface area contributed by atoms with Gasteiger partial charge in [-0.3, -0.25) is 0 Å². The summed E-state index contributed by atoms with van der Waals surface area (Å²) < 4.78 is 13.7. The number of phenols is 1. The van der Waals surface area contributed by atoms with Crippen molar-refractivity contribution in [1.29, 1.82) is 0 Å². The number of anilines is 3. The Balaban J connectivity index is 1.98. The standard InChI is InChI=1S/C16H13FN4O/c17-12-3-1-2-4-14(12)20-10-5-6-15(22)11(9-10)13-7-8-19-16(18)21-13/h1-9,20,22H,(H2,18,19,21). The average molecular weight is 296 g/mol. The molecule has 110 valence electrons. The van der Waals surface area contributed by atoms with Gasteiger partial charge >= 0.3 is 0 Å². The highest BCUT2D eigenvalue weighted by molar-refractivity contribution is 5.74. The molecule has 0 aliphatic carbocycles. The third-order valence-corrected chi connectivity index (χ3v) is 3.10. The lowest BCUT2D eigenvalue weighted by Crippen LogP contribution is -1.97. The van der Waals surface area contributed by atoms with Gasteiger partial charge in [-0.15, -0.1) is 0 Å². The number of nitrogens with one attached hydrogen (secondary N) is 1. The largest absolute Gasteiger partial charge is 0.507 e. The number of hydrogen-bond acceptors (Lipinski definition) is 5. The minimum Gasteiger partial charge on any atom is -0.507 e. The first kappa shape index (κ1) is 13.8. The van der Waals surface area contributed by atoms with E-state index < -0.39 is 0 Å². The van der Waals surface area contributed by atoms with Crippen LogP contribution in [0.2, 0.25) is 0 Å². The van der Waals surface area contributed by atoms with Crippen molar-refractivity contribution >= 4 is 17.3 Å². The molecule has 22 heavy (non-hydrogen) atoms. The van der Waals surface area contributed by atoms with E-state index in [0.29, 0.717) is 22.6 Å². The summed E-state index contributed by atoms with van der Waals surface area (Å²) in [7, 11) is 0. The van der Waals surface area contributed by atoms with E-state index in [9.17, 15) is 9.50 Å². The van der Waals surface area contributed by atoms with E-state index in [4.69, 9.17) is 5.73 Å². The maximum Gasteiger partial charge on any atom is 0.220 e. The molecular weight excluding hydrogens is 283 g/mol. The van der Waals surface area contributed by atoms with Gasteiger partial charge in [0, 0.05) is 17.4 Å². The molecule has 2 aromatic carbocycles. The van der Waals surface area contributed by atoms with Crippen molar-refractivity contribution in [1.82, 2.24) is 9.97 Å². The highest BCUT2D eigenvalue weighted by Crippen LogP contribution is 2.32. The van der Waals surface area contributed by atoms with Crippen LogP contribution in [0.3, 0.4) is 0 Å². The van der Waals surface area contributed by atoms with Gasteiger partial charge < -0.3 is 16.2 Å². The third-order valence-electron chi connectivity index (χ3n) is 3.10. The Hall–Kier alpha value is -3.15. The van der Waals surface area contributed by atoms with E-state index in [1.54, 1.807) is 36.4 Å². The molecule has 3 aromatic rings. The molecule has 5 nitrogen and oxygen atoms in total. The lowest BCUT2D eigenvalue weighted by Gasteiger charge is -2.10. The highest BCUT2D eigenvalue weighted by Gasteiger charge is 2.09. The summed E-state index contributed by atoms with van der Waals surface area (Å²) >= 11 is 0. The summed E-state index contributed by atoms with van der Waals surface area (Å²) in [5.74, 6) is -0.190. The Morgan fingerprint density at radius 2 is 1.91 bits per heavy atom. The second-order valence-electron chi connectivity index (χ2n) is 4.64. The quantitative estimate of drug-likeness (QED) is 0.646. The van der Waals surface area contributed by atoms with Crippen molar-refractivity contribution in [3.63, 3.8) is 0 Å². The smallest absolute Gasteiger partial charge is 0.220 e. The van der Waals surface area contributed by atoms with Crippen molar-refractivity contribution < 1.29 is 9.50 Å². The molecule has 0 fully saturated rings. The van der Waals surface area contributed by atoms with Crippen molar-refractivity contribution in [2.75, 3.05) is 11.1 Å². The first-order valence-corrected chi connectivity index (χ1v) is 6.57. The van der Waals surface area contributed by atoms with Gasteiger partial charge in [0.1, 0.15) is 11.6 Å². The number of nitrogens with zero attached hydrogens (tertiary/aromatic N) is 2. The topological polar surface area (TPSA) is 84.1 Å². The monoisotopic (exact) mass is 296 g/mol. The molecule has 0 atom stereocenters. The van der Waals surface area contributed by atoms with Gasteiger partial charge in [-0.1, -0.05) is 12.1 Å². The average Bonchev–Trinajstić information content (AvgIpc) is 2.51. The number of halogens is 1. The molecule has 0 amide bonds. The van der Waals surface area contributed by atoms with Gasteiger partial charge in [-0.2, -0.15) is 0 Å². The van der Waals surface area contributed by atoms with Crippen LogP contribution in [0.4, 0.5) is 21.7 Å². The minimum atomic E-state index is -0.358. The zero-order chi connectivity index (χ0) is 15.5. The molecule has 0 bridgehead atoms. The van der Waals surface area contributed by atoms with Gasteiger partial charge in [-0.25, -0.2) is 14.4 Å². The van der Waals surface area contributed by atoms with Gasteiger partial charge in [0.2, 0.25) is 5.95 Å². The van der Waals surface area contributed by atoms with E-state index in [-0.39, 0.29) is 17.5 Å². The summed E-state index contributed by atoms with van der Waals surface area (Å²) in [5, 5.41) is 13.0. The fraction of sp³-hybridized carbons (Fsp3) is 0. The van der Waals surface area contributed by atoms with Gasteiger partial charge in [-0.05, 0) is 36.4 Å². The molecule has 0 saturated carbocycles. The van der Waals surface area contributed by atoms with Crippen molar-refractivity contribution in [3.8, 4) is 17.0 Å². The van der Waals surface area contributed by atoms with E-state index in [1.807, 2.05) is 0 Å². The van der Waals surface area contributed by atoms with Crippen LogP contribution in [0, 0.1) is 5.82 Å². The second-order valence-corrected chi connectivity index (χ2v) is 4.64. The molecular formula is C16H13FN4O. The molecule has 0 aliphatic rings. The molecule has 0 aliphatic heterocycles. The third kappa shape index (κ3) is 2.80. The zero-order valence-corrected chi connectivity index (χ0v) is 11.5. The van der Waals surface area contributed by atoms with Gasteiger partial charge in [0.15, 0.2) is 0 Å². The van der Waals surface area contributed by atoms with Crippen molar-refractivity contribution in [3.05, 3.63) is 60.5 Å². The van der Waals surface area contributed by atoms with E-state index in [0.717, 1.165) is 0 Å². The Labute approximate surface area is 126 Å². The maximum atomic E-state index is 13.7. The first-order valence-electron chi connectivity index (χ1n) is 6.57. The summed E-state index contributed by atoms with van der Waals surface area (Å²) in [5.41, 5.74) is 7.50. The number of nitrogens with two attached hydrogens (primary N) is 1. The number of nitrogen functional groups attached to an aromatic ring is 1. The fourth-order valence-electron chi connectivity index (χ4n) is 2.06. The number of phenolic OH excluding ortho intramolecular Hbond substituents is 1. The zero-order valence-electron chi connectivity index (χ0n) is 11.5. The highest BCUT2D eigenvalue weighted by atomic mass is 19.1. The number of rotatable bonds is 3. The van der Waals surface area contributed by atoms with E-state index in [2.05, 4.69) is 15.3 Å². The minimum absolute atomic E-state index is 0.0529. The number of aromatic hydroxyl groups is 1. The fourth-order valence-corrected chi connectivity index (χ4v) is 2.06. The predicted molar refractivity (Wildman–Crippen MR) is 83.2 cm³/mol. The number of aromatic nitrogens is 2. The van der Waals surface area contributed by atoms with E-state index >= 15 is 0 Å². The summed E-state index contributed by atoms with van der Waals surface area (Å²) in [6.45, 7) is 0. The molecule has 0 radical (unpaired) electrons.